The van der Waals surface area contributed by atoms with Crippen LogP contribution >= 0.6 is 0 Å². The third-order valence-corrected chi connectivity index (χ3v) is 8.12. The molecule has 1 saturated heterocycles. The largest absolute Gasteiger partial charge is 0.501 e. The van der Waals surface area contributed by atoms with Crippen molar-refractivity contribution in [2.45, 2.75) is 45.9 Å². The predicted octanol–water partition coefficient (Wildman–Crippen LogP) is 7.53. The summed E-state index contributed by atoms with van der Waals surface area (Å²) in [6.45, 7) is 6.58. The molecule has 3 aromatic carbocycles. The van der Waals surface area contributed by atoms with Gasteiger partial charge in [0.05, 0.1) is 18.6 Å². The molecule has 1 fully saturated rings. The van der Waals surface area contributed by atoms with Crippen LogP contribution in [-0.2, 0) is 18.0 Å². The average molecular weight is 607 g/mol. The van der Waals surface area contributed by atoms with Gasteiger partial charge in [-0.25, -0.2) is 9.78 Å². The van der Waals surface area contributed by atoms with E-state index in [0.717, 1.165) is 54.1 Å². The van der Waals surface area contributed by atoms with Crippen LogP contribution in [0.2, 0.25) is 0 Å². The van der Waals surface area contributed by atoms with Crippen LogP contribution in [0.15, 0.2) is 115 Å². The number of aromatic nitrogens is 2. The number of ether oxygens (including phenoxy) is 3. The van der Waals surface area contributed by atoms with Crippen molar-refractivity contribution in [1.29, 1.82) is 0 Å². The topological polar surface area (TPSA) is 69.1 Å². The molecule has 1 aromatic heterocycles. The molecule has 0 saturated carbocycles. The maximum Gasteiger partial charge on any atom is 0.329 e. The molecule has 4 aromatic rings. The molecule has 5 rings (SSSR count). The van der Waals surface area contributed by atoms with Crippen molar-refractivity contribution in [2.24, 2.45) is 0 Å². The number of carbonyl (C=O) groups excluding carboxylic acids is 1. The number of likely N-dealkylation sites (tertiary alicyclic amines) is 1. The van der Waals surface area contributed by atoms with Gasteiger partial charge in [0.15, 0.2) is 0 Å². The summed E-state index contributed by atoms with van der Waals surface area (Å²) >= 11 is 0. The van der Waals surface area contributed by atoms with Crippen LogP contribution < -0.4 is 9.47 Å². The third kappa shape index (κ3) is 8.35. The first-order valence-electron chi connectivity index (χ1n) is 15.4. The fraction of sp³-hybridized carbons (Fsp3) is 0.297. The fourth-order valence-corrected chi connectivity index (χ4v) is 5.42. The summed E-state index contributed by atoms with van der Waals surface area (Å²) in [4.78, 5) is 22.3. The van der Waals surface area contributed by atoms with Crippen LogP contribution in [0, 0.1) is 0 Å². The summed E-state index contributed by atoms with van der Waals surface area (Å²) < 4.78 is 19.2. The Bertz CT molecular complexity index is 1540. The first-order chi connectivity index (χ1) is 21.9. The Morgan fingerprint density at radius 3 is 2.04 bits per heavy atom. The van der Waals surface area contributed by atoms with Gasteiger partial charge < -0.3 is 24.0 Å². The lowest BCUT2D eigenvalue weighted by atomic mass is 10.0. The lowest BCUT2D eigenvalue weighted by molar-refractivity contribution is 0.152. The summed E-state index contributed by atoms with van der Waals surface area (Å²) in [6.07, 6.45) is 9.28. The molecule has 45 heavy (non-hydrogen) atoms. The summed E-state index contributed by atoms with van der Waals surface area (Å²) in [5, 5.41) is 0. The summed E-state index contributed by atoms with van der Waals surface area (Å²) in [6, 6.07) is 25.9. The minimum absolute atomic E-state index is 0.106. The number of amides is 1. The standard InChI is InChI=1S/C37H42N4O4/c1-5-32(20-28(2)43-4)40-18-16-33(17-19-40)39(3)37(42)41-24-36(38-27-41)31-21-34(44-25-29-12-8-6-9-13-29)23-35(22-31)45-26-30-14-10-7-11-15-30/h5-15,20-24,27,33H,16-19,25-26H2,1-4H3. The highest BCUT2D eigenvalue weighted by Crippen LogP contribution is 2.31. The smallest absolute Gasteiger partial charge is 0.329 e. The van der Waals surface area contributed by atoms with Gasteiger partial charge in [-0.05, 0) is 56.0 Å². The molecule has 0 aliphatic carbocycles. The molecular weight excluding hydrogens is 564 g/mol. The number of hydrogen-bond acceptors (Lipinski definition) is 6. The zero-order valence-electron chi connectivity index (χ0n) is 26.6. The Labute approximate surface area is 266 Å². The number of rotatable bonds is 11. The van der Waals surface area contributed by atoms with Crippen LogP contribution in [-0.4, -0.2) is 58.7 Å². The van der Waals surface area contributed by atoms with Crippen LogP contribution in [0.1, 0.15) is 37.8 Å². The van der Waals surface area contributed by atoms with Crippen molar-refractivity contribution in [3.8, 4) is 22.8 Å². The van der Waals surface area contributed by atoms with E-state index in [1.54, 1.807) is 24.2 Å². The van der Waals surface area contributed by atoms with Crippen molar-refractivity contribution in [3.63, 3.8) is 0 Å². The Hall–Kier alpha value is -4.98. The van der Waals surface area contributed by atoms with Crippen LogP contribution in [0.3, 0.4) is 0 Å². The van der Waals surface area contributed by atoms with E-state index in [2.05, 4.69) is 22.0 Å². The first kappa shape index (κ1) is 31.4. The molecule has 234 valence electrons. The number of methoxy groups -OCH3 is 1. The first-order valence-corrected chi connectivity index (χ1v) is 15.4. The molecular formula is C37H42N4O4. The highest BCUT2D eigenvalue weighted by molar-refractivity contribution is 5.78. The second-order valence-electron chi connectivity index (χ2n) is 11.2. The summed E-state index contributed by atoms with van der Waals surface area (Å²) in [5.41, 5.74) is 4.76. The maximum absolute atomic E-state index is 13.5. The molecule has 1 amide bonds. The number of hydrogen-bond donors (Lipinski definition) is 0. The Morgan fingerprint density at radius 1 is 0.933 bits per heavy atom. The molecule has 0 unspecified atom stereocenters. The zero-order valence-corrected chi connectivity index (χ0v) is 26.6. The Balaban J connectivity index is 1.28. The van der Waals surface area contributed by atoms with Gasteiger partial charge in [0, 0.05) is 49.7 Å². The molecule has 2 heterocycles. The summed E-state index contributed by atoms with van der Waals surface area (Å²) in [5.74, 6) is 2.21. The van der Waals surface area contributed by atoms with E-state index in [0.29, 0.717) is 30.4 Å². The molecule has 0 bridgehead atoms. The number of allylic oxidation sites excluding steroid dienone is 3. The summed E-state index contributed by atoms with van der Waals surface area (Å²) in [7, 11) is 3.56. The molecule has 0 N–H and O–H groups in total. The molecule has 0 atom stereocenters. The van der Waals surface area contributed by atoms with Gasteiger partial charge in [-0.15, -0.1) is 0 Å². The van der Waals surface area contributed by atoms with E-state index >= 15 is 0 Å². The fourth-order valence-electron chi connectivity index (χ4n) is 5.42. The number of imidazole rings is 1. The van der Waals surface area contributed by atoms with Gasteiger partial charge in [0.25, 0.3) is 0 Å². The van der Waals surface area contributed by atoms with Crippen LogP contribution in [0.4, 0.5) is 4.79 Å². The second kappa shape index (κ2) is 15.1. The highest BCUT2D eigenvalue weighted by Gasteiger charge is 2.27. The van der Waals surface area contributed by atoms with Crippen molar-refractivity contribution in [2.75, 3.05) is 27.2 Å². The Kier molecular flexibility index (Phi) is 10.6. The van der Waals surface area contributed by atoms with E-state index in [4.69, 9.17) is 14.2 Å². The lowest BCUT2D eigenvalue weighted by Gasteiger charge is -2.38. The minimum atomic E-state index is -0.106. The van der Waals surface area contributed by atoms with Crippen LogP contribution in [0.25, 0.3) is 11.3 Å². The average Bonchev–Trinajstić information content (AvgIpc) is 3.60. The van der Waals surface area contributed by atoms with Crippen LogP contribution in [0.5, 0.6) is 11.5 Å². The van der Waals surface area contributed by atoms with Crippen molar-refractivity contribution in [3.05, 3.63) is 126 Å². The molecule has 8 nitrogen and oxygen atoms in total. The lowest BCUT2D eigenvalue weighted by Crippen LogP contribution is -2.46. The predicted molar refractivity (Wildman–Crippen MR) is 177 cm³/mol. The zero-order chi connectivity index (χ0) is 31.6. The monoisotopic (exact) mass is 606 g/mol. The van der Waals surface area contributed by atoms with E-state index in [9.17, 15) is 4.79 Å². The van der Waals surface area contributed by atoms with E-state index in [-0.39, 0.29) is 12.1 Å². The molecule has 0 spiro atoms. The molecule has 8 heteroatoms. The molecule has 1 aliphatic heterocycles. The molecule has 0 radical (unpaired) electrons. The van der Waals surface area contributed by atoms with Crippen molar-refractivity contribution >= 4 is 6.03 Å². The highest BCUT2D eigenvalue weighted by atomic mass is 16.5. The van der Waals surface area contributed by atoms with Crippen molar-refractivity contribution in [1.82, 2.24) is 19.4 Å². The SMILES string of the molecule is CC=C(C=C(C)OC)N1CCC(N(C)C(=O)n2cnc(-c3cc(OCc4ccccc4)cc(OCc4ccccc4)c3)c2)CC1. The van der Waals surface area contributed by atoms with E-state index in [1.165, 1.54) is 0 Å². The molecule has 1 aliphatic rings. The number of nitrogens with zero attached hydrogens (tertiary/aromatic N) is 4. The minimum Gasteiger partial charge on any atom is -0.501 e. The van der Waals surface area contributed by atoms with Gasteiger partial charge in [0.1, 0.15) is 31.0 Å². The van der Waals surface area contributed by atoms with Crippen molar-refractivity contribution < 1.29 is 19.0 Å². The van der Waals surface area contributed by atoms with Gasteiger partial charge in [-0.3, -0.25) is 4.57 Å². The Morgan fingerprint density at radius 2 is 1.51 bits per heavy atom. The number of carbonyl (C=O) groups is 1. The normalized spacial score (nSPS) is 14.3. The second-order valence-corrected chi connectivity index (χ2v) is 11.2. The quantitative estimate of drug-likeness (QED) is 0.130. The van der Waals surface area contributed by atoms with Gasteiger partial charge in [0.2, 0.25) is 0 Å². The van der Waals surface area contributed by atoms with Gasteiger partial charge >= 0.3 is 6.03 Å². The van der Waals surface area contributed by atoms with Gasteiger partial charge in [-0.1, -0.05) is 66.7 Å². The van der Waals surface area contributed by atoms with E-state index in [1.807, 2.05) is 105 Å². The third-order valence-electron chi connectivity index (χ3n) is 8.12. The maximum atomic E-state index is 13.5. The number of piperidine rings is 1. The number of benzene rings is 3. The van der Waals surface area contributed by atoms with Gasteiger partial charge in [-0.2, -0.15) is 0 Å². The van der Waals surface area contributed by atoms with E-state index < -0.39 is 0 Å².